The van der Waals surface area contributed by atoms with Crippen molar-refractivity contribution in [1.82, 2.24) is 4.90 Å². The van der Waals surface area contributed by atoms with Crippen LogP contribution < -0.4 is 0 Å². The van der Waals surface area contributed by atoms with Crippen molar-refractivity contribution >= 4 is 11.9 Å². The zero-order valence-electron chi connectivity index (χ0n) is 10.7. The lowest BCUT2D eigenvalue weighted by molar-refractivity contribution is -0.132. The Bertz CT molecular complexity index is 341. The number of hydrogen-bond acceptors (Lipinski definition) is 2. The van der Waals surface area contributed by atoms with Crippen LogP contribution in [0.2, 0.25) is 0 Å². The van der Waals surface area contributed by atoms with E-state index in [1.807, 2.05) is 4.90 Å². The molecular weight excluding hydrogens is 230 g/mol. The Morgan fingerprint density at radius 3 is 2.28 bits per heavy atom. The topological polar surface area (TPSA) is 57.6 Å². The van der Waals surface area contributed by atoms with Gasteiger partial charge in [0, 0.05) is 24.7 Å². The number of carbonyl (C=O) groups is 2. The molecule has 0 unspecified atom stereocenters. The summed E-state index contributed by atoms with van der Waals surface area (Å²) in [7, 11) is 0. The zero-order valence-corrected chi connectivity index (χ0v) is 10.7. The predicted octanol–water partition coefficient (Wildman–Crippen LogP) is 2.20. The highest BCUT2D eigenvalue weighted by molar-refractivity contribution is 5.94. The molecular formula is C14H21NO3. The second-order valence-electron chi connectivity index (χ2n) is 5.40. The summed E-state index contributed by atoms with van der Waals surface area (Å²) >= 11 is 0. The summed E-state index contributed by atoms with van der Waals surface area (Å²) in [6.07, 6.45) is 10.5. The lowest BCUT2D eigenvalue weighted by Gasteiger charge is -2.29. The molecule has 0 aromatic heterocycles. The summed E-state index contributed by atoms with van der Waals surface area (Å²) in [5, 5.41) is 8.56. The van der Waals surface area contributed by atoms with E-state index in [2.05, 4.69) is 0 Å². The Morgan fingerprint density at radius 1 is 1.06 bits per heavy atom. The molecule has 0 atom stereocenters. The van der Waals surface area contributed by atoms with Crippen LogP contribution in [0.5, 0.6) is 0 Å². The van der Waals surface area contributed by atoms with Crippen LogP contribution in [0.1, 0.15) is 44.9 Å². The highest BCUT2D eigenvalue weighted by Gasteiger charge is 2.33. The molecule has 0 aromatic rings. The minimum Gasteiger partial charge on any atom is -0.478 e. The van der Waals surface area contributed by atoms with Gasteiger partial charge in [-0.2, -0.15) is 0 Å². The zero-order chi connectivity index (χ0) is 13.0. The van der Waals surface area contributed by atoms with E-state index in [1.165, 1.54) is 38.2 Å². The van der Waals surface area contributed by atoms with E-state index >= 15 is 0 Å². The summed E-state index contributed by atoms with van der Waals surface area (Å²) in [6, 6.07) is 0.359. The van der Waals surface area contributed by atoms with Crippen molar-refractivity contribution in [3.8, 4) is 0 Å². The third-order valence-electron chi connectivity index (χ3n) is 3.82. The number of amides is 1. The number of nitrogens with zero attached hydrogens (tertiary/aromatic N) is 1. The molecule has 1 N–H and O–H groups in total. The van der Waals surface area contributed by atoms with E-state index in [-0.39, 0.29) is 5.91 Å². The minimum atomic E-state index is -1.06. The lowest BCUT2D eigenvalue weighted by atomic mass is 9.89. The number of hydrogen-bond donors (Lipinski definition) is 1. The molecule has 100 valence electrons. The van der Waals surface area contributed by atoms with Crippen molar-refractivity contribution < 1.29 is 14.7 Å². The van der Waals surface area contributed by atoms with E-state index in [4.69, 9.17) is 5.11 Å². The largest absolute Gasteiger partial charge is 0.478 e. The molecule has 2 fully saturated rings. The quantitative estimate of drug-likeness (QED) is 0.762. The number of carboxylic acids is 1. The SMILES string of the molecule is O=C(O)/C=C/C(=O)N(CC1CCCCC1)C1CC1. The molecule has 0 bridgehead atoms. The van der Waals surface area contributed by atoms with E-state index in [1.54, 1.807) is 0 Å². The summed E-state index contributed by atoms with van der Waals surface area (Å²) in [4.78, 5) is 24.3. The van der Waals surface area contributed by atoms with E-state index in [0.717, 1.165) is 25.5 Å². The first kappa shape index (κ1) is 13.1. The van der Waals surface area contributed by atoms with Gasteiger partial charge in [0.1, 0.15) is 0 Å². The standard InChI is InChI=1S/C14H21NO3/c16-13(8-9-14(17)18)15(12-6-7-12)10-11-4-2-1-3-5-11/h8-9,11-12H,1-7,10H2,(H,17,18)/b9-8+. The molecule has 0 spiro atoms. The molecule has 2 rings (SSSR count). The normalized spacial score (nSPS) is 21.1. The summed E-state index contributed by atoms with van der Waals surface area (Å²) < 4.78 is 0. The second-order valence-corrected chi connectivity index (χ2v) is 5.40. The monoisotopic (exact) mass is 251 g/mol. The van der Waals surface area contributed by atoms with Crippen molar-refractivity contribution in [3.63, 3.8) is 0 Å². The average molecular weight is 251 g/mol. The van der Waals surface area contributed by atoms with Gasteiger partial charge in [-0.3, -0.25) is 4.79 Å². The highest BCUT2D eigenvalue weighted by Crippen LogP contribution is 2.31. The second kappa shape index (κ2) is 6.03. The smallest absolute Gasteiger partial charge is 0.328 e. The fraction of sp³-hybridized carbons (Fsp3) is 0.714. The van der Waals surface area contributed by atoms with Crippen molar-refractivity contribution in [1.29, 1.82) is 0 Å². The first-order valence-electron chi connectivity index (χ1n) is 6.88. The van der Waals surface area contributed by atoms with Crippen molar-refractivity contribution in [2.45, 2.75) is 51.0 Å². The molecule has 0 saturated heterocycles. The lowest BCUT2D eigenvalue weighted by Crippen LogP contribution is -2.36. The van der Waals surface area contributed by atoms with Gasteiger partial charge in [0.05, 0.1) is 0 Å². The molecule has 2 aliphatic carbocycles. The number of carbonyl (C=O) groups excluding carboxylic acids is 1. The van der Waals surface area contributed by atoms with Gasteiger partial charge in [0.2, 0.25) is 5.91 Å². The van der Waals surface area contributed by atoms with Gasteiger partial charge in [-0.05, 0) is 31.6 Å². The molecule has 0 aliphatic heterocycles. The van der Waals surface area contributed by atoms with Gasteiger partial charge < -0.3 is 10.0 Å². The van der Waals surface area contributed by atoms with Gasteiger partial charge in [-0.1, -0.05) is 19.3 Å². The molecule has 2 saturated carbocycles. The first-order valence-corrected chi connectivity index (χ1v) is 6.88. The molecule has 2 aliphatic rings. The van der Waals surface area contributed by atoms with Crippen LogP contribution in [0, 0.1) is 5.92 Å². The Hall–Kier alpha value is -1.32. The molecule has 0 aromatic carbocycles. The molecule has 4 heteroatoms. The maximum atomic E-state index is 12.0. The third-order valence-corrected chi connectivity index (χ3v) is 3.82. The number of aliphatic carboxylic acids is 1. The maximum Gasteiger partial charge on any atom is 0.328 e. The van der Waals surface area contributed by atoms with Crippen LogP contribution >= 0.6 is 0 Å². The average Bonchev–Trinajstić information content (AvgIpc) is 3.18. The van der Waals surface area contributed by atoms with Crippen LogP contribution in [0.15, 0.2) is 12.2 Å². The Balaban J connectivity index is 1.90. The predicted molar refractivity (Wildman–Crippen MR) is 68.1 cm³/mol. The third kappa shape index (κ3) is 3.86. The fourth-order valence-corrected chi connectivity index (χ4v) is 2.69. The van der Waals surface area contributed by atoms with Gasteiger partial charge in [-0.15, -0.1) is 0 Å². The molecule has 1 amide bonds. The first-order chi connectivity index (χ1) is 8.66. The summed E-state index contributed by atoms with van der Waals surface area (Å²) in [5.41, 5.74) is 0. The van der Waals surface area contributed by atoms with Crippen LogP contribution in [0.3, 0.4) is 0 Å². The fourth-order valence-electron chi connectivity index (χ4n) is 2.69. The van der Waals surface area contributed by atoms with Gasteiger partial charge >= 0.3 is 5.97 Å². The van der Waals surface area contributed by atoms with E-state index in [9.17, 15) is 9.59 Å². The van der Waals surface area contributed by atoms with Gasteiger partial charge in [-0.25, -0.2) is 4.79 Å². The van der Waals surface area contributed by atoms with Crippen molar-refractivity contribution in [2.75, 3.05) is 6.54 Å². The van der Waals surface area contributed by atoms with Gasteiger partial charge in [0.25, 0.3) is 0 Å². The maximum absolute atomic E-state index is 12.0. The van der Waals surface area contributed by atoms with Crippen LogP contribution in [-0.2, 0) is 9.59 Å². The van der Waals surface area contributed by atoms with Crippen molar-refractivity contribution in [3.05, 3.63) is 12.2 Å². The van der Waals surface area contributed by atoms with Crippen LogP contribution in [0.25, 0.3) is 0 Å². The highest BCUT2D eigenvalue weighted by atomic mass is 16.4. The molecule has 4 nitrogen and oxygen atoms in total. The minimum absolute atomic E-state index is 0.134. The molecule has 18 heavy (non-hydrogen) atoms. The molecule has 0 heterocycles. The van der Waals surface area contributed by atoms with E-state index in [0.29, 0.717) is 12.0 Å². The van der Waals surface area contributed by atoms with Crippen molar-refractivity contribution in [2.24, 2.45) is 5.92 Å². The van der Waals surface area contributed by atoms with Gasteiger partial charge in [0.15, 0.2) is 0 Å². The Kier molecular flexibility index (Phi) is 4.39. The Morgan fingerprint density at radius 2 is 1.72 bits per heavy atom. The Labute approximate surface area is 108 Å². The van der Waals surface area contributed by atoms with Crippen LogP contribution in [-0.4, -0.2) is 34.5 Å². The van der Waals surface area contributed by atoms with Crippen LogP contribution in [0.4, 0.5) is 0 Å². The molecule has 0 radical (unpaired) electrons. The number of carboxylic acid groups (broad SMARTS) is 1. The van der Waals surface area contributed by atoms with E-state index < -0.39 is 5.97 Å². The summed E-state index contributed by atoms with van der Waals surface area (Å²) in [5.74, 6) is -0.580. The summed E-state index contributed by atoms with van der Waals surface area (Å²) in [6.45, 7) is 0.813. The number of rotatable bonds is 5.